The molecule has 0 heterocycles. The summed E-state index contributed by atoms with van der Waals surface area (Å²) in [7, 11) is 0. The average molecular weight is 295 g/mol. The predicted octanol–water partition coefficient (Wildman–Crippen LogP) is 1.07. The quantitative estimate of drug-likeness (QED) is 0.731. The van der Waals surface area contributed by atoms with E-state index in [1.54, 1.807) is 0 Å². The summed E-state index contributed by atoms with van der Waals surface area (Å²) in [5, 5.41) is 18.4. The monoisotopic (exact) mass is 294 g/mol. The molecule has 0 fully saturated rings. The molecule has 0 aromatic carbocycles. The molecule has 0 aromatic rings. The van der Waals surface area contributed by atoms with Crippen molar-refractivity contribution < 1.29 is 32.7 Å². The first-order chi connectivity index (χ1) is 7.39. The number of hydrogen-bond acceptors (Lipinski definition) is 7. The Balaban J connectivity index is 5.03. The Morgan fingerprint density at radius 1 is 1.19 bits per heavy atom. The summed E-state index contributed by atoms with van der Waals surface area (Å²) < 4.78 is 11.1. The molecular formula is C6H5Cl3O7. The van der Waals surface area contributed by atoms with Gasteiger partial charge in [0, 0.05) is 6.08 Å². The van der Waals surface area contributed by atoms with Crippen molar-refractivity contribution in [3.05, 3.63) is 12.0 Å². The van der Waals surface area contributed by atoms with E-state index in [2.05, 4.69) is 12.9 Å². The van der Waals surface area contributed by atoms with E-state index in [9.17, 15) is 14.7 Å². The molecule has 0 spiro atoms. The van der Waals surface area contributed by atoms with Crippen LogP contribution in [-0.2, 0) is 22.5 Å². The van der Waals surface area contributed by atoms with Crippen LogP contribution in [-0.4, -0.2) is 27.8 Å². The first-order valence-corrected chi connectivity index (χ1v) is 4.39. The van der Waals surface area contributed by atoms with Crippen molar-refractivity contribution in [3.63, 3.8) is 0 Å². The normalized spacial score (nSPS) is 14.9. The van der Waals surface area contributed by atoms with Gasteiger partial charge in [0.15, 0.2) is 5.60 Å². The van der Waals surface area contributed by atoms with Gasteiger partial charge >= 0.3 is 11.9 Å². The summed E-state index contributed by atoms with van der Waals surface area (Å²) in [6.07, 6.45) is -0.578. The fourth-order valence-corrected chi connectivity index (χ4v) is 0.955. The van der Waals surface area contributed by atoms with Gasteiger partial charge in [-0.15, -0.1) is 0 Å². The molecule has 0 aliphatic rings. The summed E-state index contributed by atoms with van der Waals surface area (Å²) in [6.45, 7) is 0. The van der Waals surface area contributed by atoms with E-state index in [-0.39, 0.29) is 0 Å². The molecule has 7 nitrogen and oxygen atoms in total. The minimum atomic E-state index is -2.62. The lowest BCUT2D eigenvalue weighted by Gasteiger charge is -2.17. The van der Waals surface area contributed by atoms with Crippen LogP contribution in [0.15, 0.2) is 12.0 Å². The van der Waals surface area contributed by atoms with Gasteiger partial charge in [0.2, 0.25) is 0 Å². The molecule has 16 heavy (non-hydrogen) atoms. The second kappa shape index (κ2) is 6.64. The second-order valence-corrected chi connectivity index (χ2v) is 2.94. The topological polar surface area (TPSA) is 102 Å². The van der Waals surface area contributed by atoms with Crippen LogP contribution in [0.3, 0.4) is 0 Å². The van der Waals surface area contributed by atoms with Crippen molar-refractivity contribution >= 4 is 47.5 Å². The van der Waals surface area contributed by atoms with Crippen LogP contribution in [0.4, 0.5) is 0 Å². The van der Waals surface area contributed by atoms with Crippen LogP contribution in [0, 0.1) is 0 Å². The third-order valence-corrected chi connectivity index (χ3v) is 1.84. The summed E-state index contributed by atoms with van der Waals surface area (Å²) in [5.41, 5.74) is -2.62. The van der Waals surface area contributed by atoms with Gasteiger partial charge in [-0.25, -0.2) is 4.79 Å². The zero-order chi connectivity index (χ0) is 12.8. The number of halogens is 3. The highest BCUT2D eigenvalue weighted by atomic mass is 35.5. The van der Waals surface area contributed by atoms with Crippen LogP contribution in [0.1, 0.15) is 6.42 Å². The van der Waals surface area contributed by atoms with Gasteiger partial charge in [0.25, 0.3) is 5.95 Å². The molecule has 92 valence electrons. The van der Waals surface area contributed by atoms with Gasteiger partial charge in [-0.2, -0.15) is 0 Å². The highest BCUT2D eigenvalue weighted by Crippen LogP contribution is 2.19. The Bertz CT molecular complexity index is 304. The maximum Gasteiger partial charge on any atom is 0.361 e. The summed E-state index contributed by atoms with van der Waals surface area (Å²) in [6, 6.07) is 0. The first-order valence-electron chi connectivity index (χ1n) is 3.47. The zero-order valence-corrected chi connectivity index (χ0v) is 9.62. The molecule has 0 saturated carbocycles. The smallest absolute Gasteiger partial charge is 0.361 e. The average Bonchev–Trinajstić information content (AvgIpc) is 2.27. The molecule has 0 aromatic heterocycles. The molecule has 0 amide bonds. The highest BCUT2D eigenvalue weighted by molar-refractivity contribution is 6.15. The minimum Gasteiger partial charge on any atom is -0.480 e. The number of hydrogen-bond donors (Lipinski definition) is 2. The van der Waals surface area contributed by atoms with E-state index in [4.69, 9.17) is 40.7 Å². The fraction of sp³-hybridized carbons (Fsp3) is 0.333. The predicted molar refractivity (Wildman–Crippen MR) is 51.1 cm³/mol. The van der Waals surface area contributed by atoms with E-state index < -0.39 is 29.9 Å². The van der Waals surface area contributed by atoms with Crippen molar-refractivity contribution in [1.29, 1.82) is 0 Å². The lowest BCUT2D eigenvalue weighted by atomic mass is 10.0. The second-order valence-electron chi connectivity index (χ2n) is 2.47. The van der Waals surface area contributed by atoms with Gasteiger partial charge in [-0.05, 0) is 0 Å². The SMILES string of the molecule is O=C(CC(O)(/C=C(\O)OCl)C(=O)OCl)OCl. The molecule has 1 unspecified atom stereocenters. The molecule has 1 atom stereocenters. The van der Waals surface area contributed by atoms with Gasteiger partial charge in [0.05, 0.1) is 6.42 Å². The Morgan fingerprint density at radius 3 is 2.12 bits per heavy atom. The maximum atomic E-state index is 11.0. The van der Waals surface area contributed by atoms with E-state index in [1.807, 2.05) is 0 Å². The van der Waals surface area contributed by atoms with Gasteiger partial charge < -0.3 is 23.1 Å². The Morgan fingerprint density at radius 2 is 1.75 bits per heavy atom. The highest BCUT2D eigenvalue weighted by Gasteiger charge is 2.40. The van der Waals surface area contributed by atoms with Crippen LogP contribution < -0.4 is 0 Å². The zero-order valence-electron chi connectivity index (χ0n) is 7.35. The summed E-state index contributed by atoms with van der Waals surface area (Å²) >= 11 is 14.1. The largest absolute Gasteiger partial charge is 0.480 e. The van der Waals surface area contributed by atoms with Crippen LogP contribution >= 0.6 is 35.6 Å². The number of carbonyl (C=O) groups is 2. The molecule has 0 aliphatic carbocycles. The van der Waals surface area contributed by atoms with Crippen molar-refractivity contribution in [1.82, 2.24) is 0 Å². The van der Waals surface area contributed by atoms with Crippen LogP contribution in [0.2, 0.25) is 0 Å². The summed E-state index contributed by atoms with van der Waals surface area (Å²) in [4.78, 5) is 21.8. The number of rotatable bonds is 5. The molecular weight excluding hydrogens is 290 g/mol. The third-order valence-electron chi connectivity index (χ3n) is 1.36. The number of carbonyl (C=O) groups excluding carboxylic acids is 2. The van der Waals surface area contributed by atoms with Crippen molar-refractivity contribution in [3.8, 4) is 0 Å². The van der Waals surface area contributed by atoms with Crippen molar-refractivity contribution in [2.45, 2.75) is 12.0 Å². The Hall–Kier alpha value is -0.890. The van der Waals surface area contributed by atoms with Gasteiger partial charge in [-0.1, -0.05) is 0 Å². The lowest BCUT2D eigenvalue weighted by molar-refractivity contribution is -0.156. The molecule has 2 N–H and O–H groups in total. The summed E-state index contributed by atoms with van der Waals surface area (Å²) in [5.74, 6) is -3.69. The first kappa shape index (κ1) is 15.1. The standard InChI is InChI=1S/C6H5Cl3O7/c7-14-3(10)1-6(13,5(12)16-9)2-4(11)15-8/h1,10,13H,2H2/b3-1+. The molecule has 0 bridgehead atoms. The van der Waals surface area contributed by atoms with Gasteiger partial charge in [-0.3, -0.25) is 4.79 Å². The molecule has 0 aliphatic heterocycles. The van der Waals surface area contributed by atoms with Crippen molar-refractivity contribution in [2.24, 2.45) is 0 Å². The molecule has 10 heteroatoms. The Kier molecular flexibility index (Phi) is 6.27. The maximum absolute atomic E-state index is 11.0. The lowest BCUT2D eigenvalue weighted by Crippen LogP contribution is -2.39. The van der Waals surface area contributed by atoms with E-state index in [1.165, 1.54) is 0 Å². The number of aliphatic hydroxyl groups excluding tert-OH is 1. The van der Waals surface area contributed by atoms with Crippen molar-refractivity contribution in [2.75, 3.05) is 0 Å². The molecule has 0 rings (SSSR count). The fourth-order valence-electron chi connectivity index (χ4n) is 0.723. The molecule has 0 radical (unpaired) electrons. The minimum absolute atomic E-state index is 0.387. The van der Waals surface area contributed by atoms with Crippen LogP contribution in [0.25, 0.3) is 0 Å². The molecule has 0 saturated heterocycles. The van der Waals surface area contributed by atoms with E-state index in [0.717, 1.165) is 0 Å². The third kappa shape index (κ3) is 4.31. The van der Waals surface area contributed by atoms with Crippen LogP contribution in [0.5, 0.6) is 0 Å². The Labute approximate surface area is 105 Å². The van der Waals surface area contributed by atoms with E-state index in [0.29, 0.717) is 6.08 Å². The number of aliphatic hydroxyl groups is 2. The van der Waals surface area contributed by atoms with E-state index >= 15 is 0 Å². The van der Waals surface area contributed by atoms with Gasteiger partial charge in [0.1, 0.15) is 35.6 Å².